The fourth-order valence-electron chi connectivity index (χ4n) is 4.37. The van der Waals surface area contributed by atoms with Crippen molar-refractivity contribution in [1.82, 2.24) is 0 Å². The molecule has 0 spiro atoms. The van der Waals surface area contributed by atoms with E-state index in [2.05, 4.69) is 53.3 Å². The molecule has 3 aromatic rings. The molecule has 5 heteroatoms. The molecule has 0 amide bonds. The average Bonchev–Trinajstić information content (AvgIpc) is 2.85. The van der Waals surface area contributed by atoms with Gasteiger partial charge in [-0.25, -0.2) is 8.42 Å². The second-order valence-corrected chi connectivity index (χ2v) is 9.57. The Morgan fingerprint density at radius 1 is 0.933 bits per heavy atom. The van der Waals surface area contributed by atoms with Crippen molar-refractivity contribution in [3.8, 4) is 5.75 Å². The maximum absolute atomic E-state index is 11.6. The largest absolute Gasteiger partial charge is 0.494 e. The van der Waals surface area contributed by atoms with Crippen molar-refractivity contribution < 1.29 is 13.2 Å². The van der Waals surface area contributed by atoms with Gasteiger partial charge in [-0.3, -0.25) is 4.72 Å². The Bertz CT molecular complexity index is 1150. The molecular weight excluding hydrogens is 394 g/mol. The molecule has 0 bridgehead atoms. The van der Waals surface area contributed by atoms with Crippen LogP contribution < -0.4 is 9.46 Å². The number of rotatable bonds is 6. The van der Waals surface area contributed by atoms with E-state index in [1.807, 2.05) is 19.1 Å². The summed E-state index contributed by atoms with van der Waals surface area (Å²) in [5.74, 6) is 1.13. The van der Waals surface area contributed by atoms with Gasteiger partial charge in [0.15, 0.2) is 0 Å². The highest BCUT2D eigenvalue weighted by Gasteiger charge is 2.24. The number of hydrogen-bond donors (Lipinski definition) is 1. The lowest BCUT2D eigenvalue weighted by atomic mass is 9.83. The van der Waals surface area contributed by atoms with Gasteiger partial charge in [0.25, 0.3) is 0 Å². The van der Waals surface area contributed by atoms with E-state index >= 15 is 0 Å². The van der Waals surface area contributed by atoms with Gasteiger partial charge in [0, 0.05) is 11.6 Å². The minimum atomic E-state index is -3.30. The number of anilines is 1. The highest BCUT2D eigenvalue weighted by molar-refractivity contribution is 7.92. The number of nitrogens with one attached hydrogen (secondary N) is 1. The quantitative estimate of drug-likeness (QED) is 0.614. The number of sulfonamides is 1. The van der Waals surface area contributed by atoms with Crippen molar-refractivity contribution in [3.05, 3.63) is 94.5 Å². The second-order valence-electron chi connectivity index (χ2n) is 7.82. The molecule has 0 fully saturated rings. The summed E-state index contributed by atoms with van der Waals surface area (Å²) in [6, 6.07) is 22.8. The SMILES string of the molecule is CCOc1ccc2c(c1)CCc1ccccc1[C@@H]2Cc1cccc(NS(C)(=O)=O)c1. The molecule has 0 heterocycles. The number of fused-ring (bicyclic) bond motifs is 2. The summed E-state index contributed by atoms with van der Waals surface area (Å²) < 4.78 is 31.6. The molecule has 1 N–H and O–H groups in total. The number of benzene rings is 3. The van der Waals surface area contributed by atoms with E-state index < -0.39 is 10.0 Å². The normalized spacial score (nSPS) is 15.6. The van der Waals surface area contributed by atoms with E-state index in [-0.39, 0.29) is 5.92 Å². The Hall–Kier alpha value is -2.79. The first-order valence-corrected chi connectivity index (χ1v) is 12.2. The maximum atomic E-state index is 11.6. The van der Waals surface area contributed by atoms with Crippen molar-refractivity contribution in [2.24, 2.45) is 0 Å². The molecule has 0 unspecified atom stereocenters. The molecule has 4 nitrogen and oxygen atoms in total. The second kappa shape index (κ2) is 8.52. The first-order valence-electron chi connectivity index (χ1n) is 10.3. The van der Waals surface area contributed by atoms with Crippen LogP contribution in [0.5, 0.6) is 5.75 Å². The molecule has 156 valence electrons. The minimum Gasteiger partial charge on any atom is -0.494 e. The smallest absolute Gasteiger partial charge is 0.229 e. The Morgan fingerprint density at radius 3 is 2.50 bits per heavy atom. The summed E-state index contributed by atoms with van der Waals surface area (Å²) in [7, 11) is -3.30. The van der Waals surface area contributed by atoms with Gasteiger partial charge in [-0.2, -0.15) is 0 Å². The number of aryl methyl sites for hydroxylation is 2. The lowest BCUT2D eigenvalue weighted by Gasteiger charge is -2.21. The van der Waals surface area contributed by atoms with Crippen LogP contribution in [0.25, 0.3) is 0 Å². The zero-order valence-corrected chi connectivity index (χ0v) is 18.2. The number of ether oxygens (including phenoxy) is 1. The van der Waals surface area contributed by atoms with Crippen molar-refractivity contribution in [2.75, 3.05) is 17.6 Å². The van der Waals surface area contributed by atoms with Gasteiger partial charge in [-0.1, -0.05) is 42.5 Å². The Kier molecular flexibility index (Phi) is 5.82. The molecule has 0 aliphatic heterocycles. The van der Waals surface area contributed by atoms with E-state index in [0.717, 1.165) is 30.6 Å². The molecule has 0 radical (unpaired) electrons. The van der Waals surface area contributed by atoms with E-state index in [4.69, 9.17) is 4.74 Å². The van der Waals surface area contributed by atoms with Gasteiger partial charge >= 0.3 is 0 Å². The molecule has 1 atom stereocenters. The van der Waals surface area contributed by atoms with Crippen LogP contribution in [0.2, 0.25) is 0 Å². The molecule has 4 rings (SSSR count). The summed E-state index contributed by atoms with van der Waals surface area (Å²) in [6.07, 6.45) is 3.97. The molecule has 0 saturated carbocycles. The Labute approximate surface area is 179 Å². The summed E-state index contributed by atoms with van der Waals surface area (Å²) in [6.45, 7) is 2.66. The summed E-state index contributed by atoms with van der Waals surface area (Å²) in [4.78, 5) is 0. The average molecular weight is 422 g/mol. The predicted molar refractivity (Wildman–Crippen MR) is 122 cm³/mol. The highest BCUT2D eigenvalue weighted by Crippen LogP contribution is 2.38. The third kappa shape index (κ3) is 4.68. The van der Waals surface area contributed by atoms with Crippen LogP contribution >= 0.6 is 0 Å². The topological polar surface area (TPSA) is 55.4 Å². The van der Waals surface area contributed by atoms with Crippen molar-refractivity contribution in [2.45, 2.75) is 32.1 Å². The van der Waals surface area contributed by atoms with Crippen LogP contribution in [0.4, 0.5) is 5.69 Å². The molecule has 1 aliphatic carbocycles. The van der Waals surface area contributed by atoms with Gasteiger partial charge < -0.3 is 4.74 Å². The first-order chi connectivity index (χ1) is 14.4. The van der Waals surface area contributed by atoms with Gasteiger partial charge in [-0.15, -0.1) is 0 Å². The van der Waals surface area contributed by atoms with Crippen molar-refractivity contribution in [1.29, 1.82) is 0 Å². The summed E-state index contributed by atoms with van der Waals surface area (Å²) in [5, 5.41) is 0. The van der Waals surface area contributed by atoms with Gasteiger partial charge in [-0.05, 0) is 78.3 Å². The third-order valence-corrected chi connectivity index (χ3v) is 6.17. The maximum Gasteiger partial charge on any atom is 0.229 e. The minimum absolute atomic E-state index is 0.211. The molecule has 1 aliphatic rings. The lowest BCUT2D eigenvalue weighted by molar-refractivity contribution is 0.339. The molecule has 0 saturated heterocycles. The molecule has 30 heavy (non-hydrogen) atoms. The third-order valence-electron chi connectivity index (χ3n) is 5.57. The first kappa shape index (κ1) is 20.5. The van der Waals surface area contributed by atoms with Crippen molar-refractivity contribution in [3.63, 3.8) is 0 Å². The standard InChI is InChI=1S/C25H27NO3S/c1-3-29-22-13-14-24-20(17-22)12-11-19-8-4-5-10-23(19)25(24)16-18-7-6-9-21(15-18)26-30(2,27)28/h4-10,13-15,17,25-26H,3,11-12,16H2,1-2H3/t25-/m0/s1. The van der Waals surface area contributed by atoms with Crippen LogP contribution in [0.15, 0.2) is 66.7 Å². The fraction of sp³-hybridized carbons (Fsp3) is 0.280. The Balaban J connectivity index is 1.74. The Morgan fingerprint density at radius 2 is 1.70 bits per heavy atom. The van der Waals surface area contributed by atoms with Crippen LogP contribution in [0.3, 0.4) is 0 Å². The highest BCUT2D eigenvalue weighted by atomic mass is 32.2. The monoisotopic (exact) mass is 421 g/mol. The summed E-state index contributed by atoms with van der Waals surface area (Å²) >= 11 is 0. The van der Waals surface area contributed by atoms with E-state index in [1.54, 1.807) is 6.07 Å². The van der Waals surface area contributed by atoms with Gasteiger partial charge in [0.2, 0.25) is 10.0 Å². The van der Waals surface area contributed by atoms with Crippen LogP contribution in [-0.2, 0) is 29.3 Å². The van der Waals surface area contributed by atoms with Crippen LogP contribution in [-0.4, -0.2) is 21.3 Å². The molecule has 0 aromatic heterocycles. The summed E-state index contributed by atoms with van der Waals surface area (Å²) in [5.41, 5.74) is 7.08. The van der Waals surface area contributed by atoms with Gasteiger partial charge in [0.05, 0.1) is 12.9 Å². The zero-order chi connectivity index (χ0) is 21.1. The van der Waals surface area contributed by atoms with E-state index in [9.17, 15) is 8.42 Å². The zero-order valence-electron chi connectivity index (χ0n) is 17.4. The predicted octanol–water partition coefficient (Wildman–Crippen LogP) is 4.93. The van der Waals surface area contributed by atoms with E-state index in [0.29, 0.717) is 12.3 Å². The fourth-order valence-corrected chi connectivity index (χ4v) is 4.92. The van der Waals surface area contributed by atoms with Crippen molar-refractivity contribution >= 4 is 15.7 Å². The van der Waals surface area contributed by atoms with Gasteiger partial charge in [0.1, 0.15) is 5.75 Å². The molecule has 3 aromatic carbocycles. The van der Waals surface area contributed by atoms with E-state index in [1.165, 1.54) is 28.5 Å². The number of hydrogen-bond acceptors (Lipinski definition) is 3. The van der Waals surface area contributed by atoms with Crippen LogP contribution in [0.1, 0.15) is 40.7 Å². The molecular formula is C25H27NO3S. The lowest BCUT2D eigenvalue weighted by Crippen LogP contribution is -2.11. The van der Waals surface area contributed by atoms with Crippen LogP contribution in [0, 0.1) is 0 Å².